The topological polar surface area (TPSA) is 32.7 Å². The Morgan fingerprint density at radius 1 is 1.04 bits per heavy atom. The van der Waals surface area contributed by atoms with Crippen LogP contribution in [0.3, 0.4) is 0 Å². The van der Waals surface area contributed by atoms with Crippen molar-refractivity contribution in [3.8, 4) is 0 Å². The van der Waals surface area contributed by atoms with E-state index >= 15 is 0 Å². The zero-order chi connectivity index (χ0) is 17.6. The van der Waals surface area contributed by atoms with Crippen LogP contribution in [0.25, 0.3) is 0 Å². The summed E-state index contributed by atoms with van der Waals surface area (Å²) in [6, 6.07) is 12.6. The number of halogens is 3. The van der Waals surface area contributed by atoms with Crippen LogP contribution in [0.1, 0.15) is 16.7 Å². The Balaban J connectivity index is 1.93. The molecule has 3 nitrogen and oxygen atoms in total. The second kappa shape index (κ2) is 8.30. The van der Waals surface area contributed by atoms with Gasteiger partial charge in [-0.15, -0.1) is 4.91 Å². The fraction of sp³-hybridized carbons (Fsp3) is 0.294. The molecule has 0 aliphatic carbocycles. The van der Waals surface area contributed by atoms with Crippen molar-refractivity contribution in [2.45, 2.75) is 19.1 Å². The van der Waals surface area contributed by atoms with Gasteiger partial charge in [-0.05, 0) is 41.9 Å². The van der Waals surface area contributed by atoms with Crippen molar-refractivity contribution >= 4 is 17.6 Å². The Morgan fingerprint density at radius 3 is 2.33 bits per heavy atom. The molecule has 2 aromatic rings. The van der Waals surface area contributed by atoms with Crippen molar-refractivity contribution in [2.24, 2.45) is 5.18 Å². The minimum atomic E-state index is -4.35. The molecule has 0 aliphatic heterocycles. The minimum Gasteiger partial charge on any atom is -0.249 e. The van der Waals surface area contributed by atoms with Crippen molar-refractivity contribution in [3.63, 3.8) is 0 Å². The number of rotatable bonds is 7. The zero-order valence-corrected chi connectivity index (χ0v) is 13.9. The number of hydrogen-bond acceptors (Lipinski definition) is 4. The molecule has 24 heavy (non-hydrogen) atoms. The number of nitroso groups, excluding NO2 is 1. The molecule has 0 aromatic heterocycles. The summed E-state index contributed by atoms with van der Waals surface area (Å²) in [5.41, 5.74) is 0.884. The van der Waals surface area contributed by atoms with E-state index in [1.54, 1.807) is 29.6 Å². The van der Waals surface area contributed by atoms with Crippen molar-refractivity contribution in [1.82, 2.24) is 4.31 Å². The van der Waals surface area contributed by atoms with Gasteiger partial charge >= 0.3 is 6.18 Å². The molecule has 7 heteroatoms. The van der Waals surface area contributed by atoms with Crippen LogP contribution in [0.4, 0.5) is 18.9 Å². The van der Waals surface area contributed by atoms with Gasteiger partial charge in [-0.25, -0.2) is 4.31 Å². The monoisotopic (exact) mass is 354 g/mol. The van der Waals surface area contributed by atoms with Crippen LogP contribution in [0, 0.1) is 4.91 Å². The van der Waals surface area contributed by atoms with Crippen LogP contribution in [-0.2, 0) is 19.1 Å². The van der Waals surface area contributed by atoms with E-state index in [4.69, 9.17) is 0 Å². The molecule has 2 rings (SSSR count). The molecular weight excluding hydrogens is 337 g/mol. The van der Waals surface area contributed by atoms with E-state index in [9.17, 15) is 18.1 Å². The summed E-state index contributed by atoms with van der Waals surface area (Å²) in [5.74, 6) is 0.650. The first-order valence-corrected chi connectivity index (χ1v) is 8.26. The summed E-state index contributed by atoms with van der Waals surface area (Å²) >= 11 is 1.43. The predicted molar refractivity (Wildman–Crippen MR) is 91.0 cm³/mol. The normalized spacial score (nSPS) is 11.7. The molecule has 2 aromatic carbocycles. The summed E-state index contributed by atoms with van der Waals surface area (Å²) in [4.78, 5) is 10.7. The summed E-state index contributed by atoms with van der Waals surface area (Å²) in [7, 11) is 1.75. The average molecular weight is 354 g/mol. The molecule has 0 aliphatic rings. The highest BCUT2D eigenvalue weighted by Crippen LogP contribution is 2.33. The van der Waals surface area contributed by atoms with Gasteiger partial charge in [-0.1, -0.05) is 48.3 Å². The van der Waals surface area contributed by atoms with Crippen molar-refractivity contribution in [3.05, 3.63) is 70.1 Å². The fourth-order valence-corrected chi connectivity index (χ4v) is 3.20. The lowest BCUT2D eigenvalue weighted by Gasteiger charge is -2.19. The highest BCUT2D eigenvalue weighted by atomic mass is 32.2. The van der Waals surface area contributed by atoms with Gasteiger partial charge < -0.3 is 0 Å². The molecule has 0 atom stereocenters. The fourth-order valence-electron chi connectivity index (χ4n) is 2.34. The van der Waals surface area contributed by atoms with Crippen LogP contribution in [0.15, 0.2) is 53.7 Å². The smallest absolute Gasteiger partial charge is 0.249 e. The number of aryl methyl sites for hydroxylation is 1. The molecule has 0 spiro atoms. The average Bonchev–Trinajstić information content (AvgIpc) is 2.55. The third-order valence-corrected chi connectivity index (χ3v) is 4.45. The molecule has 0 saturated carbocycles. The van der Waals surface area contributed by atoms with Gasteiger partial charge in [-0.3, -0.25) is 0 Å². The molecule has 0 bridgehead atoms. The summed E-state index contributed by atoms with van der Waals surface area (Å²) < 4.78 is 40.7. The van der Waals surface area contributed by atoms with E-state index in [1.165, 1.54) is 24.1 Å². The van der Waals surface area contributed by atoms with Crippen LogP contribution in [0.2, 0.25) is 0 Å². The maximum Gasteiger partial charge on any atom is 0.416 e. The molecule has 128 valence electrons. The second-order valence-electron chi connectivity index (χ2n) is 5.24. The van der Waals surface area contributed by atoms with E-state index in [-0.39, 0.29) is 12.1 Å². The predicted octanol–water partition coefficient (Wildman–Crippen LogP) is 5.43. The van der Waals surface area contributed by atoms with E-state index in [0.29, 0.717) is 17.9 Å². The number of nitrogens with zero attached hydrogens (tertiary/aromatic N) is 2. The van der Waals surface area contributed by atoms with Gasteiger partial charge in [0.1, 0.15) is 5.69 Å². The minimum absolute atomic E-state index is 0.188. The highest BCUT2D eigenvalue weighted by molar-refractivity contribution is 7.96. The van der Waals surface area contributed by atoms with Crippen LogP contribution in [0.5, 0.6) is 0 Å². The highest BCUT2D eigenvalue weighted by Gasteiger charge is 2.32. The third kappa shape index (κ3) is 5.07. The molecule has 0 radical (unpaired) electrons. The maximum absolute atomic E-state index is 13.0. The van der Waals surface area contributed by atoms with Crippen LogP contribution in [-0.4, -0.2) is 17.1 Å². The first-order valence-electron chi connectivity index (χ1n) is 7.32. The van der Waals surface area contributed by atoms with Crippen molar-refractivity contribution < 1.29 is 13.2 Å². The number of hydrogen-bond donors (Lipinski definition) is 0. The Morgan fingerprint density at radius 2 is 1.67 bits per heavy atom. The summed E-state index contributed by atoms with van der Waals surface area (Å²) in [6.07, 6.45) is -3.73. The lowest BCUT2D eigenvalue weighted by atomic mass is 10.1. The lowest BCUT2D eigenvalue weighted by Crippen LogP contribution is -2.15. The van der Waals surface area contributed by atoms with Crippen LogP contribution >= 0.6 is 11.9 Å². The number of benzene rings is 2. The molecule has 0 unspecified atom stereocenters. The summed E-state index contributed by atoms with van der Waals surface area (Å²) in [6.45, 7) is 0.188. The molecular formula is C17H17F3N2OS. The Bertz CT molecular complexity index is 692. The van der Waals surface area contributed by atoms with Crippen molar-refractivity contribution in [1.29, 1.82) is 0 Å². The SMILES string of the molecule is CN(Cc1ccccc1C(F)(F)F)SCCc1ccccc1N=O. The first-order chi connectivity index (χ1) is 11.4. The van der Waals surface area contributed by atoms with E-state index < -0.39 is 11.7 Å². The zero-order valence-electron chi connectivity index (χ0n) is 13.1. The molecule has 0 amide bonds. The Kier molecular flexibility index (Phi) is 6.39. The van der Waals surface area contributed by atoms with Gasteiger partial charge in [0.15, 0.2) is 0 Å². The standard InChI is InChI=1S/C17H17F3N2OS/c1-22(12-14-7-2-4-8-15(14)17(18,19)20)24-11-10-13-6-3-5-9-16(13)21-23/h2-9H,10-12H2,1H3. The quantitative estimate of drug-likeness (QED) is 0.491. The molecule has 0 heterocycles. The van der Waals surface area contributed by atoms with Gasteiger partial charge in [0.05, 0.1) is 5.56 Å². The first kappa shape index (κ1) is 18.5. The van der Waals surface area contributed by atoms with Crippen LogP contribution < -0.4 is 0 Å². The van der Waals surface area contributed by atoms with Crippen molar-refractivity contribution in [2.75, 3.05) is 12.8 Å². The lowest BCUT2D eigenvalue weighted by molar-refractivity contribution is -0.138. The van der Waals surface area contributed by atoms with Gasteiger partial charge in [0, 0.05) is 12.3 Å². The van der Waals surface area contributed by atoms with Gasteiger partial charge in [0.2, 0.25) is 0 Å². The Hall–Kier alpha value is -1.86. The Labute approximate surface area is 143 Å². The van der Waals surface area contributed by atoms with Gasteiger partial charge in [-0.2, -0.15) is 13.2 Å². The number of alkyl halides is 3. The van der Waals surface area contributed by atoms with Gasteiger partial charge in [0.25, 0.3) is 0 Å². The largest absolute Gasteiger partial charge is 0.416 e. The molecule has 0 N–H and O–H groups in total. The second-order valence-corrected chi connectivity index (χ2v) is 6.53. The van der Waals surface area contributed by atoms with E-state index in [0.717, 1.165) is 11.6 Å². The summed E-state index contributed by atoms with van der Waals surface area (Å²) in [5, 5.41) is 2.98. The van der Waals surface area contributed by atoms with E-state index in [2.05, 4.69) is 5.18 Å². The third-order valence-electron chi connectivity index (χ3n) is 3.49. The van der Waals surface area contributed by atoms with E-state index in [1.807, 2.05) is 12.1 Å². The molecule has 0 fully saturated rings. The maximum atomic E-state index is 13.0. The molecule has 0 saturated heterocycles.